The molecule has 2 aromatic heterocycles. The molecule has 0 radical (unpaired) electrons. The van der Waals surface area contributed by atoms with Gasteiger partial charge < -0.3 is 5.11 Å². The van der Waals surface area contributed by atoms with E-state index in [0.29, 0.717) is 12.4 Å². The van der Waals surface area contributed by atoms with E-state index >= 15 is 0 Å². The Balaban J connectivity index is 2.23. The summed E-state index contributed by atoms with van der Waals surface area (Å²) in [5.41, 5.74) is -2.30. The van der Waals surface area contributed by atoms with Gasteiger partial charge in [0, 0.05) is 12.4 Å². The zero-order valence-corrected chi connectivity index (χ0v) is 10.7. The summed E-state index contributed by atoms with van der Waals surface area (Å²) in [6.45, 7) is 0. The monoisotopic (exact) mass is 322 g/mol. The lowest BCUT2D eigenvalue weighted by Crippen LogP contribution is -2.10. The van der Waals surface area contributed by atoms with Crippen LogP contribution in [0, 0.1) is 0 Å². The molecule has 1 N–H and O–H groups in total. The first-order valence-electron chi connectivity index (χ1n) is 5.83. The molecule has 0 aliphatic rings. The molecule has 0 aliphatic carbocycles. The SMILES string of the molecule is OC(c1ccc(C(F)(F)F)cn1)c1ccc(C(F)(F)F)cn1. The van der Waals surface area contributed by atoms with Crippen molar-refractivity contribution in [2.45, 2.75) is 18.5 Å². The zero-order valence-electron chi connectivity index (χ0n) is 10.7. The van der Waals surface area contributed by atoms with E-state index in [4.69, 9.17) is 0 Å². The molecule has 3 nitrogen and oxygen atoms in total. The highest BCUT2D eigenvalue weighted by Crippen LogP contribution is 2.31. The lowest BCUT2D eigenvalue weighted by molar-refractivity contribution is -0.138. The number of aliphatic hydroxyl groups excluding tert-OH is 1. The Hall–Kier alpha value is -2.16. The molecule has 9 heteroatoms. The number of alkyl halides is 6. The van der Waals surface area contributed by atoms with Crippen molar-refractivity contribution in [3.63, 3.8) is 0 Å². The summed E-state index contributed by atoms with van der Waals surface area (Å²) in [4.78, 5) is 6.92. The van der Waals surface area contributed by atoms with Gasteiger partial charge in [0.25, 0.3) is 0 Å². The van der Waals surface area contributed by atoms with Crippen LogP contribution in [0.2, 0.25) is 0 Å². The molecular weight excluding hydrogens is 314 g/mol. The molecule has 2 aromatic rings. The molecule has 0 fully saturated rings. The van der Waals surface area contributed by atoms with Gasteiger partial charge >= 0.3 is 12.4 Å². The smallest absolute Gasteiger partial charge is 0.380 e. The molecule has 0 atom stereocenters. The summed E-state index contributed by atoms with van der Waals surface area (Å²) in [7, 11) is 0. The highest BCUT2D eigenvalue weighted by Gasteiger charge is 2.32. The number of halogens is 6. The molecule has 0 amide bonds. The number of aromatic nitrogens is 2. The van der Waals surface area contributed by atoms with Gasteiger partial charge in [0.05, 0.1) is 22.5 Å². The summed E-state index contributed by atoms with van der Waals surface area (Å²) in [5, 5.41) is 9.89. The predicted octanol–water partition coefficient (Wildman–Crippen LogP) is 3.60. The summed E-state index contributed by atoms with van der Waals surface area (Å²) >= 11 is 0. The normalized spacial score (nSPS) is 12.7. The van der Waals surface area contributed by atoms with Crippen LogP contribution < -0.4 is 0 Å². The molecule has 0 unspecified atom stereocenters. The van der Waals surface area contributed by atoms with Crippen molar-refractivity contribution in [1.82, 2.24) is 9.97 Å². The molecule has 22 heavy (non-hydrogen) atoms. The Labute approximate surface area is 120 Å². The molecule has 2 heterocycles. The molecule has 2 rings (SSSR count). The minimum Gasteiger partial charge on any atom is -0.380 e. The third kappa shape index (κ3) is 3.53. The first-order valence-corrected chi connectivity index (χ1v) is 5.83. The van der Waals surface area contributed by atoms with Crippen molar-refractivity contribution in [3.8, 4) is 0 Å². The van der Waals surface area contributed by atoms with Crippen LogP contribution in [0.25, 0.3) is 0 Å². The average molecular weight is 322 g/mol. The summed E-state index contributed by atoms with van der Waals surface area (Å²) in [5.74, 6) is 0. The second-order valence-electron chi connectivity index (χ2n) is 4.34. The zero-order chi connectivity index (χ0) is 16.5. The molecule has 0 spiro atoms. The lowest BCUT2D eigenvalue weighted by atomic mass is 10.1. The van der Waals surface area contributed by atoms with Gasteiger partial charge in [-0.25, -0.2) is 0 Å². The van der Waals surface area contributed by atoms with E-state index in [1.807, 2.05) is 0 Å². The minimum absolute atomic E-state index is 0.153. The van der Waals surface area contributed by atoms with Crippen LogP contribution >= 0.6 is 0 Å². The van der Waals surface area contributed by atoms with Gasteiger partial charge in [-0.15, -0.1) is 0 Å². The highest BCUT2D eigenvalue weighted by atomic mass is 19.4. The molecule has 0 aromatic carbocycles. The Morgan fingerprint density at radius 2 is 1.09 bits per heavy atom. The van der Waals surface area contributed by atoms with E-state index in [1.54, 1.807) is 0 Å². The van der Waals surface area contributed by atoms with Crippen molar-refractivity contribution < 1.29 is 31.4 Å². The maximum atomic E-state index is 12.4. The first-order chi connectivity index (χ1) is 10.1. The van der Waals surface area contributed by atoms with E-state index in [2.05, 4.69) is 9.97 Å². The van der Waals surface area contributed by atoms with Crippen LogP contribution in [0.1, 0.15) is 28.6 Å². The van der Waals surface area contributed by atoms with Gasteiger partial charge in [0.1, 0.15) is 6.10 Å². The Morgan fingerprint density at radius 1 is 0.727 bits per heavy atom. The van der Waals surface area contributed by atoms with Crippen LogP contribution in [-0.4, -0.2) is 15.1 Å². The third-order valence-electron chi connectivity index (χ3n) is 2.79. The number of nitrogens with zero attached hydrogens (tertiary/aromatic N) is 2. The number of rotatable bonds is 2. The van der Waals surface area contributed by atoms with Crippen molar-refractivity contribution in [2.75, 3.05) is 0 Å². The van der Waals surface area contributed by atoms with Gasteiger partial charge in [-0.3, -0.25) is 9.97 Å². The molecular formula is C13H8F6N2O. The quantitative estimate of drug-likeness (QED) is 0.860. The molecule has 0 saturated carbocycles. The van der Waals surface area contributed by atoms with Gasteiger partial charge in [-0.2, -0.15) is 26.3 Å². The summed E-state index contributed by atoms with van der Waals surface area (Å²) in [6.07, 6.45) is -9.60. The van der Waals surface area contributed by atoms with Crippen molar-refractivity contribution >= 4 is 0 Å². The molecule has 118 valence electrons. The molecule has 0 saturated heterocycles. The fourth-order valence-electron chi connectivity index (χ4n) is 1.62. The fourth-order valence-corrected chi connectivity index (χ4v) is 1.62. The topological polar surface area (TPSA) is 46.0 Å². The number of pyridine rings is 2. The Morgan fingerprint density at radius 3 is 1.32 bits per heavy atom. The maximum Gasteiger partial charge on any atom is 0.417 e. The summed E-state index contributed by atoms with van der Waals surface area (Å²) < 4.78 is 74.3. The number of aliphatic hydroxyl groups is 1. The van der Waals surface area contributed by atoms with Crippen LogP contribution in [0.3, 0.4) is 0 Å². The maximum absolute atomic E-state index is 12.4. The fraction of sp³-hybridized carbons (Fsp3) is 0.231. The lowest BCUT2D eigenvalue weighted by Gasteiger charge is -2.12. The standard InChI is InChI=1S/C13H8F6N2O/c14-12(15,16)7-1-3-9(20-5-7)11(22)10-4-2-8(6-21-10)13(17,18)19/h1-6,11,22H. The summed E-state index contributed by atoms with van der Waals surface area (Å²) in [6, 6.07) is 3.31. The molecule has 0 bridgehead atoms. The number of hydrogen-bond acceptors (Lipinski definition) is 3. The van der Waals surface area contributed by atoms with Crippen LogP contribution in [0.5, 0.6) is 0 Å². The highest BCUT2D eigenvalue weighted by molar-refractivity contribution is 5.25. The molecule has 0 aliphatic heterocycles. The van der Waals surface area contributed by atoms with Crippen molar-refractivity contribution in [3.05, 3.63) is 59.2 Å². The largest absolute Gasteiger partial charge is 0.417 e. The minimum atomic E-state index is -4.57. The van der Waals surface area contributed by atoms with E-state index in [9.17, 15) is 31.4 Å². The second-order valence-corrected chi connectivity index (χ2v) is 4.34. The van der Waals surface area contributed by atoms with Crippen molar-refractivity contribution in [1.29, 1.82) is 0 Å². The average Bonchev–Trinajstić information content (AvgIpc) is 2.45. The first kappa shape index (κ1) is 16.2. The number of hydrogen-bond donors (Lipinski definition) is 1. The van der Waals surface area contributed by atoms with Crippen LogP contribution in [0.15, 0.2) is 36.7 Å². The van der Waals surface area contributed by atoms with Gasteiger partial charge in [-0.05, 0) is 24.3 Å². The van der Waals surface area contributed by atoms with Gasteiger partial charge in [0.15, 0.2) is 0 Å². The third-order valence-corrected chi connectivity index (χ3v) is 2.79. The van der Waals surface area contributed by atoms with Crippen molar-refractivity contribution in [2.24, 2.45) is 0 Å². The van der Waals surface area contributed by atoms with E-state index in [0.717, 1.165) is 24.3 Å². The van der Waals surface area contributed by atoms with E-state index < -0.39 is 29.6 Å². The predicted molar refractivity (Wildman–Crippen MR) is 62.5 cm³/mol. The van der Waals surface area contributed by atoms with E-state index in [1.165, 1.54) is 0 Å². The Bertz CT molecular complexity index is 576. The van der Waals surface area contributed by atoms with Crippen LogP contribution in [-0.2, 0) is 12.4 Å². The van der Waals surface area contributed by atoms with Gasteiger partial charge in [0.2, 0.25) is 0 Å². The van der Waals surface area contributed by atoms with E-state index in [-0.39, 0.29) is 11.4 Å². The van der Waals surface area contributed by atoms with Gasteiger partial charge in [-0.1, -0.05) is 0 Å². The second kappa shape index (κ2) is 5.56. The Kier molecular flexibility index (Phi) is 4.10. The van der Waals surface area contributed by atoms with Crippen LogP contribution in [0.4, 0.5) is 26.3 Å².